The van der Waals surface area contributed by atoms with E-state index in [1.165, 1.54) is 0 Å². The van der Waals surface area contributed by atoms with Crippen molar-refractivity contribution in [3.63, 3.8) is 0 Å². The Morgan fingerprint density at radius 1 is 1.53 bits per heavy atom. The highest BCUT2D eigenvalue weighted by atomic mass is 16.3. The number of hydrogen-bond donors (Lipinski definition) is 1. The van der Waals surface area contributed by atoms with Crippen LogP contribution in [-0.4, -0.2) is 17.3 Å². The fourth-order valence-electron chi connectivity index (χ4n) is 1.47. The van der Waals surface area contributed by atoms with Gasteiger partial charge in [-0.3, -0.25) is 4.79 Å². The van der Waals surface area contributed by atoms with E-state index in [0.717, 1.165) is 0 Å². The molecule has 0 spiro atoms. The maximum atomic E-state index is 11.8. The first-order chi connectivity index (χ1) is 7.04. The van der Waals surface area contributed by atoms with Gasteiger partial charge in [-0.15, -0.1) is 0 Å². The van der Waals surface area contributed by atoms with Crippen molar-refractivity contribution in [3.8, 4) is 0 Å². The molecule has 0 bridgehead atoms. The van der Waals surface area contributed by atoms with Crippen LogP contribution < -0.4 is 5.32 Å². The van der Waals surface area contributed by atoms with Crippen LogP contribution in [0.4, 0.5) is 0 Å². The van der Waals surface area contributed by atoms with Gasteiger partial charge in [0, 0.05) is 0 Å². The third kappa shape index (κ3) is 1.46. The Hall–Kier alpha value is -1.58. The zero-order chi connectivity index (χ0) is 11.1. The Balaban J connectivity index is 2.36. The molecule has 1 unspecified atom stereocenters. The Morgan fingerprint density at radius 3 is 2.73 bits per heavy atom. The molecule has 2 heterocycles. The highest BCUT2D eigenvalue weighted by Gasteiger charge is 2.42. The van der Waals surface area contributed by atoms with E-state index >= 15 is 0 Å². The summed E-state index contributed by atoms with van der Waals surface area (Å²) in [5.74, 6) is 1.22. The fraction of sp³-hybridized carbons (Fsp3) is 0.455. The number of amidine groups is 1. The highest BCUT2D eigenvalue weighted by Crippen LogP contribution is 2.26. The smallest absolute Gasteiger partial charge is 0.253 e. The van der Waals surface area contributed by atoms with Crippen LogP contribution in [0.2, 0.25) is 0 Å². The molecule has 80 valence electrons. The van der Waals surface area contributed by atoms with E-state index in [1.807, 2.05) is 20.8 Å². The van der Waals surface area contributed by atoms with Crippen LogP contribution in [0.1, 0.15) is 26.5 Å². The maximum Gasteiger partial charge on any atom is 0.253 e. The number of carbonyl (C=O) groups excluding carboxylic acids is 1. The predicted octanol–water partition coefficient (Wildman–Crippen LogP) is 1.57. The second-order valence-corrected chi connectivity index (χ2v) is 4.19. The topological polar surface area (TPSA) is 54.6 Å². The molecule has 1 aliphatic rings. The van der Waals surface area contributed by atoms with Crippen molar-refractivity contribution in [1.29, 1.82) is 0 Å². The van der Waals surface area contributed by atoms with Gasteiger partial charge in [0.25, 0.3) is 5.91 Å². The molecule has 1 aliphatic heterocycles. The molecule has 1 atom stereocenters. The van der Waals surface area contributed by atoms with E-state index in [1.54, 1.807) is 18.4 Å². The lowest BCUT2D eigenvalue weighted by Gasteiger charge is -2.21. The van der Waals surface area contributed by atoms with Crippen molar-refractivity contribution >= 4 is 11.7 Å². The maximum absolute atomic E-state index is 11.8. The molecule has 0 saturated heterocycles. The molecule has 1 amide bonds. The Kier molecular flexibility index (Phi) is 2.14. The molecule has 1 aromatic rings. The number of aliphatic imine (C=N–C) groups is 1. The molecule has 1 aromatic heterocycles. The number of nitrogens with zero attached hydrogens (tertiary/aromatic N) is 1. The van der Waals surface area contributed by atoms with E-state index in [2.05, 4.69) is 10.3 Å². The average molecular weight is 206 g/mol. The second kappa shape index (κ2) is 3.22. The lowest BCUT2D eigenvalue weighted by molar-refractivity contribution is -0.124. The van der Waals surface area contributed by atoms with Crippen LogP contribution >= 0.6 is 0 Å². The van der Waals surface area contributed by atoms with Gasteiger partial charge in [0.15, 0.2) is 11.6 Å². The number of amides is 1. The number of hydrogen-bond acceptors (Lipinski definition) is 3. The zero-order valence-electron chi connectivity index (χ0n) is 9.07. The summed E-state index contributed by atoms with van der Waals surface area (Å²) in [6, 6.07) is 3.56. The molecule has 4 nitrogen and oxygen atoms in total. The van der Waals surface area contributed by atoms with Gasteiger partial charge in [-0.1, -0.05) is 13.8 Å². The summed E-state index contributed by atoms with van der Waals surface area (Å²) in [5.41, 5.74) is -0.678. The summed E-state index contributed by atoms with van der Waals surface area (Å²) in [4.78, 5) is 16.2. The first-order valence-corrected chi connectivity index (χ1v) is 4.99. The minimum Gasteiger partial charge on any atom is -0.461 e. The van der Waals surface area contributed by atoms with Gasteiger partial charge in [0.1, 0.15) is 5.54 Å². The van der Waals surface area contributed by atoms with E-state index in [4.69, 9.17) is 4.42 Å². The van der Waals surface area contributed by atoms with Crippen molar-refractivity contribution in [1.82, 2.24) is 5.32 Å². The molecule has 2 rings (SSSR count). The molecule has 0 fully saturated rings. The van der Waals surface area contributed by atoms with Crippen molar-refractivity contribution in [3.05, 3.63) is 24.2 Å². The van der Waals surface area contributed by atoms with Crippen LogP contribution in [-0.2, 0) is 4.79 Å². The molecule has 15 heavy (non-hydrogen) atoms. The normalized spacial score (nSPS) is 25.6. The first kappa shape index (κ1) is 9.96. The second-order valence-electron chi connectivity index (χ2n) is 4.19. The molecule has 1 N–H and O–H groups in total. The van der Waals surface area contributed by atoms with Gasteiger partial charge in [-0.05, 0) is 25.0 Å². The van der Waals surface area contributed by atoms with Crippen LogP contribution in [0, 0.1) is 5.92 Å². The Bertz CT molecular complexity index is 406. The third-order valence-electron chi connectivity index (χ3n) is 2.91. The molecule has 4 heteroatoms. The fourth-order valence-corrected chi connectivity index (χ4v) is 1.47. The number of nitrogens with one attached hydrogen (secondary N) is 1. The van der Waals surface area contributed by atoms with Crippen LogP contribution in [0.25, 0.3) is 0 Å². The Morgan fingerprint density at radius 2 is 2.27 bits per heavy atom. The van der Waals surface area contributed by atoms with Crippen molar-refractivity contribution in [2.24, 2.45) is 10.9 Å². The number of rotatable bonds is 2. The van der Waals surface area contributed by atoms with Crippen LogP contribution in [0.3, 0.4) is 0 Å². The van der Waals surface area contributed by atoms with E-state index in [9.17, 15) is 4.79 Å². The third-order valence-corrected chi connectivity index (χ3v) is 2.91. The van der Waals surface area contributed by atoms with Crippen molar-refractivity contribution in [2.75, 3.05) is 0 Å². The Labute approximate surface area is 88.4 Å². The van der Waals surface area contributed by atoms with Crippen LogP contribution in [0.5, 0.6) is 0 Å². The molecular formula is C11H14N2O2. The predicted molar refractivity (Wildman–Crippen MR) is 56.6 cm³/mol. The van der Waals surface area contributed by atoms with E-state index in [0.29, 0.717) is 11.6 Å². The standard InChI is InChI=1S/C11H14N2O2/c1-7(2)11(3)10(14)12-9(13-11)8-5-4-6-15-8/h4-7H,1-3H3,(H,12,13,14). The minimum absolute atomic E-state index is 0.0658. The molecule has 0 aliphatic carbocycles. The molecule has 0 saturated carbocycles. The minimum atomic E-state index is -0.678. The number of carbonyl (C=O) groups is 1. The molecule has 0 radical (unpaired) electrons. The van der Waals surface area contributed by atoms with Crippen molar-refractivity contribution < 1.29 is 9.21 Å². The average Bonchev–Trinajstić information content (AvgIpc) is 2.75. The monoisotopic (exact) mass is 206 g/mol. The van der Waals surface area contributed by atoms with E-state index in [-0.39, 0.29) is 11.8 Å². The van der Waals surface area contributed by atoms with Gasteiger partial charge in [0.05, 0.1) is 6.26 Å². The lowest BCUT2D eigenvalue weighted by atomic mass is 9.89. The largest absolute Gasteiger partial charge is 0.461 e. The van der Waals surface area contributed by atoms with Gasteiger partial charge < -0.3 is 9.73 Å². The molecule has 0 aromatic carbocycles. The summed E-state index contributed by atoms with van der Waals surface area (Å²) >= 11 is 0. The van der Waals surface area contributed by atoms with Gasteiger partial charge in [-0.2, -0.15) is 0 Å². The van der Waals surface area contributed by atoms with Gasteiger partial charge in [-0.25, -0.2) is 4.99 Å². The molecular weight excluding hydrogens is 192 g/mol. The first-order valence-electron chi connectivity index (χ1n) is 4.99. The highest BCUT2D eigenvalue weighted by molar-refractivity contribution is 6.14. The SMILES string of the molecule is CC(C)C1(C)N=C(c2ccco2)NC1=O. The van der Waals surface area contributed by atoms with Gasteiger partial charge in [0.2, 0.25) is 0 Å². The van der Waals surface area contributed by atoms with Crippen LogP contribution in [0.15, 0.2) is 27.8 Å². The quantitative estimate of drug-likeness (QED) is 0.798. The summed E-state index contributed by atoms with van der Waals surface area (Å²) in [6.45, 7) is 5.80. The van der Waals surface area contributed by atoms with Gasteiger partial charge >= 0.3 is 0 Å². The lowest BCUT2D eigenvalue weighted by Crippen LogP contribution is -2.41. The van der Waals surface area contributed by atoms with E-state index < -0.39 is 5.54 Å². The zero-order valence-corrected chi connectivity index (χ0v) is 9.07. The summed E-state index contributed by atoms with van der Waals surface area (Å²) in [6.07, 6.45) is 1.56. The number of furan rings is 1. The summed E-state index contributed by atoms with van der Waals surface area (Å²) in [5, 5.41) is 2.75. The summed E-state index contributed by atoms with van der Waals surface area (Å²) in [7, 11) is 0. The van der Waals surface area contributed by atoms with Crippen molar-refractivity contribution in [2.45, 2.75) is 26.3 Å². The summed E-state index contributed by atoms with van der Waals surface area (Å²) < 4.78 is 5.19.